The molecule has 96 valence electrons. The minimum absolute atomic E-state index is 0.287. The number of nitrogens with two attached hydrogens (primary N) is 1. The lowest BCUT2D eigenvalue weighted by molar-refractivity contribution is -0.152. The van der Waals surface area contributed by atoms with Crippen LogP contribution in [0, 0.1) is 5.41 Å². The van der Waals surface area contributed by atoms with Crippen LogP contribution in [-0.4, -0.2) is 13.1 Å². The van der Waals surface area contributed by atoms with Crippen LogP contribution >= 0.6 is 11.3 Å². The molecule has 0 aliphatic heterocycles. The first-order valence-electron chi connectivity index (χ1n) is 5.78. The SMILES string of the molecule is COC(=O)C(C)(C)[C@H](N)c1csc2ccccc12. The Labute approximate surface area is 111 Å². The van der Waals surface area contributed by atoms with Crippen molar-refractivity contribution in [3.63, 3.8) is 0 Å². The Bertz CT molecular complexity index is 574. The van der Waals surface area contributed by atoms with E-state index in [-0.39, 0.29) is 12.0 Å². The molecule has 0 spiro atoms. The molecule has 0 aliphatic rings. The number of carbonyl (C=O) groups is 1. The third-order valence-electron chi connectivity index (χ3n) is 3.33. The van der Waals surface area contributed by atoms with Gasteiger partial charge in [0.05, 0.1) is 12.5 Å². The van der Waals surface area contributed by atoms with Gasteiger partial charge in [0.1, 0.15) is 0 Å². The maximum atomic E-state index is 11.8. The largest absolute Gasteiger partial charge is 0.469 e. The monoisotopic (exact) mass is 263 g/mol. The van der Waals surface area contributed by atoms with Crippen LogP contribution in [-0.2, 0) is 9.53 Å². The van der Waals surface area contributed by atoms with Gasteiger partial charge in [-0.3, -0.25) is 4.79 Å². The predicted molar refractivity (Wildman–Crippen MR) is 74.6 cm³/mol. The summed E-state index contributed by atoms with van der Waals surface area (Å²) in [7, 11) is 1.39. The lowest BCUT2D eigenvalue weighted by atomic mass is 9.81. The molecule has 4 heteroatoms. The second-order valence-corrected chi connectivity index (χ2v) is 5.79. The molecular weight excluding hydrogens is 246 g/mol. The van der Waals surface area contributed by atoms with Crippen LogP contribution in [0.5, 0.6) is 0 Å². The average Bonchev–Trinajstić information content (AvgIpc) is 2.80. The van der Waals surface area contributed by atoms with Crippen LogP contribution in [0.15, 0.2) is 29.6 Å². The summed E-state index contributed by atoms with van der Waals surface area (Å²) in [4.78, 5) is 11.8. The highest BCUT2D eigenvalue weighted by molar-refractivity contribution is 7.17. The second-order valence-electron chi connectivity index (χ2n) is 4.88. The summed E-state index contributed by atoms with van der Waals surface area (Å²) < 4.78 is 6.01. The van der Waals surface area contributed by atoms with Crippen molar-refractivity contribution in [2.24, 2.45) is 11.1 Å². The Morgan fingerprint density at radius 3 is 2.72 bits per heavy atom. The van der Waals surface area contributed by atoms with E-state index in [1.54, 1.807) is 11.3 Å². The molecule has 0 saturated heterocycles. The number of benzene rings is 1. The van der Waals surface area contributed by atoms with Gasteiger partial charge in [-0.15, -0.1) is 11.3 Å². The normalized spacial score (nSPS) is 13.6. The van der Waals surface area contributed by atoms with Crippen LogP contribution in [0.25, 0.3) is 10.1 Å². The highest BCUT2D eigenvalue weighted by Crippen LogP contribution is 2.38. The molecule has 0 fully saturated rings. The van der Waals surface area contributed by atoms with E-state index in [1.165, 1.54) is 11.8 Å². The molecule has 1 aromatic heterocycles. The highest BCUT2D eigenvalue weighted by atomic mass is 32.1. The average molecular weight is 263 g/mol. The fourth-order valence-corrected chi connectivity index (χ4v) is 3.02. The molecule has 2 aromatic rings. The van der Waals surface area contributed by atoms with Crippen LogP contribution in [0.4, 0.5) is 0 Å². The summed E-state index contributed by atoms with van der Waals surface area (Å²) in [6.07, 6.45) is 0. The lowest BCUT2D eigenvalue weighted by Gasteiger charge is -2.28. The maximum Gasteiger partial charge on any atom is 0.313 e. The Kier molecular flexibility index (Phi) is 3.41. The number of hydrogen-bond acceptors (Lipinski definition) is 4. The molecule has 0 unspecified atom stereocenters. The third kappa shape index (κ3) is 2.02. The number of esters is 1. The zero-order valence-corrected chi connectivity index (χ0v) is 11.6. The molecule has 2 rings (SSSR count). The van der Waals surface area contributed by atoms with E-state index >= 15 is 0 Å². The first-order valence-corrected chi connectivity index (χ1v) is 6.66. The highest BCUT2D eigenvalue weighted by Gasteiger charge is 2.37. The number of hydrogen-bond donors (Lipinski definition) is 1. The predicted octanol–water partition coefficient (Wildman–Crippen LogP) is 3.10. The summed E-state index contributed by atoms with van der Waals surface area (Å²) >= 11 is 1.65. The number of rotatable bonds is 3. The van der Waals surface area contributed by atoms with Gasteiger partial charge >= 0.3 is 5.97 Å². The van der Waals surface area contributed by atoms with Gasteiger partial charge < -0.3 is 10.5 Å². The molecule has 2 N–H and O–H groups in total. The summed E-state index contributed by atoms with van der Waals surface area (Å²) in [5, 5.41) is 3.15. The number of methoxy groups -OCH3 is 1. The summed E-state index contributed by atoms with van der Waals surface area (Å²) in [5.74, 6) is -0.287. The smallest absolute Gasteiger partial charge is 0.313 e. The van der Waals surface area contributed by atoms with Gasteiger partial charge in [-0.1, -0.05) is 18.2 Å². The summed E-state index contributed by atoms with van der Waals surface area (Å²) in [5.41, 5.74) is 6.53. The summed E-state index contributed by atoms with van der Waals surface area (Å²) in [6.45, 7) is 3.63. The second kappa shape index (κ2) is 4.71. The van der Waals surface area contributed by atoms with E-state index < -0.39 is 5.41 Å². The summed E-state index contributed by atoms with van der Waals surface area (Å²) in [6, 6.07) is 7.70. The minimum atomic E-state index is -0.738. The molecule has 0 aliphatic carbocycles. The van der Waals surface area contributed by atoms with Crippen molar-refractivity contribution >= 4 is 27.4 Å². The van der Waals surface area contributed by atoms with Gasteiger partial charge in [0.25, 0.3) is 0 Å². The number of thiophene rings is 1. The molecule has 1 heterocycles. The van der Waals surface area contributed by atoms with Crippen molar-refractivity contribution in [1.29, 1.82) is 0 Å². The number of carbonyl (C=O) groups excluding carboxylic acids is 1. The molecule has 18 heavy (non-hydrogen) atoms. The van der Waals surface area contributed by atoms with E-state index in [9.17, 15) is 4.79 Å². The van der Waals surface area contributed by atoms with Crippen LogP contribution in [0.1, 0.15) is 25.5 Å². The standard InChI is InChI=1S/C14H17NO2S/c1-14(2,13(16)17-3)12(15)10-8-18-11-7-5-4-6-9(10)11/h4-8,12H,15H2,1-3H3/t12-/m1/s1. The van der Waals surface area contributed by atoms with Gasteiger partial charge in [0.15, 0.2) is 0 Å². The molecule has 3 nitrogen and oxygen atoms in total. The molecule has 0 amide bonds. The zero-order chi connectivity index (χ0) is 13.3. The Hall–Kier alpha value is -1.39. The van der Waals surface area contributed by atoms with Crippen molar-refractivity contribution in [1.82, 2.24) is 0 Å². The van der Waals surface area contributed by atoms with Gasteiger partial charge in [-0.05, 0) is 36.2 Å². The molecule has 1 aromatic carbocycles. The van der Waals surface area contributed by atoms with Gasteiger partial charge in [0, 0.05) is 10.7 Å². The lowest BCUT2D eigenvalue weighted by Crippen LogP contribution is -2.37. The quantitative estimate of drug-likeness (QED) is 0.866. The van der Waals surface area contributed by atoms with Crippen molar-refractivity contribution in [2.75, 3.05) is 7.11 Å². The fourth-order valence-electron chi connectivity index (χ4n) is 2.02. The molecule has 0 bridgehead atoms. The fraction of sp³-hybridized carbons (Fsp3) is 0.357. The van der Waals surface area contributed by atoms with E-state index in [0.29, 0.717) is 0 Å². The van der Waals surface area contributed by atoms with Crippen molar-refractivity contribution in [3.05, 3.63) is 35.2 Å². The number of ether oxygens (including phenoxy) is 1. The van der Waals surface area contributed by atoms with E-state index in [2.05, 4.69) is 6.07 Å². The van der Waals surface area contributed by atoms with Gasteiger partial charge in [-0.25, -0.2) is 0 Å². The Morgan fingerprint density at radius 2 is 2.06 bits per heavy atom. The molecule has 0 saturated carbocycles. The van der Waals surface area contributed by atoms with E-state index in [4.69, 9.17) is 10.5 Å². The first-order chi connectivity index (χ1) is 8.48. The van der Waals surface area contributed by atoms with Gasteiger partial charge in [-0.2, -0.15) is 0 Å². The zero-order valence-electron chi connectivity index (χ0n) is 10.8. The molecular formula is C14H17NO2S. The topological polar surface area (TPSA) is 52.3 Å². The maximum absolute atomic E-state index is 11.8. The van der Waals surface area contributed by atoms with E-state index in [1.807, 2.05) is 37.4 Å². The first kappa shape index (κ1) is 13.1. The van der Waals surface area contributed by atoms with Crippen LogP contribution < -0.4 is 5.73 Å². The molecule has 1 atom stereocenters. The van der Waals surface area contributed by atoms with Gasteiger partial charge in [0.2, 0.25) is 0 Å². The minimum Gasteiger partial charge on any atom is -0.469 e. The van der Waals surface area contributed by atoms with Crippen LogP contribution in [0.3, 0.4) is 0 Å². The van der Waals surface area contributed by atoms with Crippen molar-refractivity contribution in [3.8, 4) is 0 Å². The third-order valence-corrected chi connectivity index (χ3v) is 4.32. The number of fused-ring (bicyclic) bond motifs is 1. The van der Waals surface area contributed by atoms with E-state index in [0.717, 1.165) is 10.9 Å². The Morgan fingerprint density at radius 1 is 1.39 bits per heavy atom. The van der Waals surface area contributed by atoms with Crippen LogP contribution in [0.2, 0.25) is 0 Å². The van der Waals surface area contributed by atoms with Crippen molar-refractivity contribution < 1.29 is 9.53 Å². The molecule has 0 radical (unpaired) electrons. The Balaban J connectivity index is 2.45. The van der Waals surface area contributed by atoms with Crippen molar-refractivity contribution in [2.45, 2.75) is 19.9 Å².